The van der Waals surface area contributed by atoms with Gasteiger partial charge in [0.25, 0.3) is 0 Å². The second kappa shape index (κ2) is 7.61. The molecule has 21 heavy (non-hydrogen) atoms. The monoisotopic (exact) mass is 374 g/mol. The van der Waals surface area contributed by atoms with Gasteiger partial charge in [0.2, 0.25) is 5.91 Å². The highest BCUT2D eigenvalue weighted by atomic mass is 79.9. The Labute approximate surface area is 141 Å². The number of hydrogen-bond acceptors (Lipinski definition) is 2. The van der Waals surface area contributed by atoms with Crippen LogP contribution in [0.2, 0.25) is 0 Å². The van der Waals surface area contributed by atoms with Gasteiger partial charge in [-0.15, -0.1) is 12.4 Å². The normalized spacial score (nSPS) is 18.3. The van der Waals surface area contributed by atoms with E-state index in [0.717, 1.165) is 23.7 Å². The van der Waals surface area contributed by atoms with Gasteiger partial charge in [0.15, 0.2) is 0 Å². The van der Waals surface area contributed by atoms with E-state index in [4.69, 9.17) is 5.73 Å². The van der Waals surface area contributed by atoms with Crippen molar-refractivity contribution in [1.29, 1.82) is 0 Å². The van der Waals surface area contributed by atoms with Crippen LogP contribution in [-0.2, 0) is 10.2 Å². The molecule has 1 aromatic carbocycles. The predicted molar refractivity (Wildman–Crippen MR) is 92.7 cm³/mol. The number of carbonyl (C=O) groups excluding carboxylic acids is 1. The summed E-state index contributed by atoms with van der Waals surface area (Å²) in [4.78, 5) is 12.1. The molecule has 2 rings (SSSR count). The molecule has 0 heterocycles. The fourth-order valence-electron chi connectivity index (χ4n) is 2.42. The van der Waals surface area contributed by atoms with E-state index < -0.39 is 6.04 Å². The van der Waals surface area contributed by atoms with E-state index in [0.29, 0.717) is 6.54 Å². The molecule has 0 aromatic heterocycles. The van der Waals surface area contributed by atoms with Crippen LogP contribution in [0.3, 0.4) is 0 Å². The van der Waals surface area contributed by atoms with Crippen molar-refractivity contribution in [2.24, 2.45) is 11.7 Å². The van der Waals surface area contributed by atoms with Crippen molar-refractivity contribution in [3.63, 3.8) is 0 Å². The van der Waals surface area contributed by atoms with Crippen LogP contribution in [0.4, 0.5) is 0 Å². The minimum atomic E-state index is -0.404. The molecule has 2 unspecified atom stereocenters. The Hall–Kier alpha value is -0.580. The second-order valence-electron chi connectivity index (χ2n) is 5.92. The molecule has 1 aliphatic rings. The lowest BCUT2D eigenvalue weighted by atomic mass is 9.95. The molecule has 1 saturated carbocycles. The number of rotatable bonds is 6. The maximum absolute atomic E-state index is 12.1. The number of nitrogens with two attached hydrogens (primary N) is 1. The molecule has 0 spiro atoms. The van der Waals surface area contributed by atoms with E-state index in [1.54, 1.807) is 0 Å². The number of benzene rings is 1. The molecule has 3 nitrogen and oxygen atoms in total. The summed E-state index contributed by atoms with van der Waals surface area (Å²) in [6, 6.07) is 7.95. The lowest BCUT2D eigenvalue weighted by Crippen LogP contribution is -2.46. The summed E-state index contributed by atoms with van der Waals surface area (Å²) in [5, 5.41) is 3.04. The summed E-state index contributed by atoms with van der Waals surface area (Å²) < 4.78 is 1.09. The van der Waals surface area contributed by atoms with Gasteiger partial charge in [0.1, 0.15) is 0 Å². The van der Waals surface area contributed by atoms with Gasteiger partial charge >= 0.3 is 0 Å². The molecule has 2 atom stereocenters. The van der Waals surface area contributed by atoms with Crippen molar-refractivity contribution in [1.82, 2.24) is 5.32 Å². The third-order valence-corrected chi connectivity index (χ3v) is 4.94. The van der Waals surface area contributed by atoms with Crippen molar-refractivity contribution < 1.29 is 4.79 Å². The van der Waals surface area contributed by atoms with E-state index >= 15 is 0 Å². The Morgan fingerprint density at radius 2 is 2.14 bits per heavy atom. The fraction of sp³-hybridized carbons (Fsp3) is 0.562. The van der Waals surface area contributed by atoms with Gasteiger partial charge in [0, 0.05) is 16.4 Å². The first-order valence-corrected chi connectivity index (χ1v) is 8.07. The molecule has 0 aliphatic heterocycles. The SMILES string of the molecule is CCC(C)C(N)C(=O)NCC1(c2cccc(Br)c2)CC1.Cl. The largest absolute Gasteiger partial charge is 0.354 e. The van der Waals surface area contributed by atoms with Gasteiger partial charge in [-0.2, -0.15) is 0 Å². The summed E-state index contributed by atoms with van der Waals surface area (Å²) >= 11 is 3.51. The summed E-state index contributed by atoms with van der Waals surface area (Å²) in [6.45, 7) is 4.76. The van der Waals surface area contributed by atoms with Crippen LogP contribution in [0.25, 0.3) is 0 Å². The van der Waals surface area contributed by atoms with Crippen LogP contribution < -0.4 is 11.1 Å². The zero-order chi connectivity index (χ0) is 14.8. The Bertz CT molecular complexity index is 491. The molecule has 1 aromatic rings. The van der Waals surface area contributed by atoms with Gasteiger partial charge < -0.3 is 11.1 Å². The summed E-state index contributed by atoms with van der Waals surface area (Å²) in [7, 11) is 0. The summed E-state index contributed by atoms with van der Waals surface area (Å²) in [5.74, 6) is 0.191. The van der Waals surface area contributed by atoms with Crippen molar-refractivity contribution in [2.45, 2.75) is 44.6 Å². The first-order valence-electron chi connectivity index (χ1n) is 7.28. The topological polar surface area (TPSA) is 55.1 Å². The Morgan fingerprint density at radius 3 is 2.67 bits per heavy atom. The van der Waals surface area contributed by atoms with Crippen molar-refractivity contribution in [3.8, 4) is 0 Å². The van der Waals surface area contributed by atoms with Gasteiger partial charge in [-0.25, -0.2) is 0 Å². The molecular weight excluding hydrogens is 352 g/mol. The Morgan fingerprint density at radius 1 is 1.48 bits per heavy atom. The van der Waals surface area contributed by atoms with E-state index in [2.05, 4.69) is 40.3 Å². The van der Waals surface area contributed by atoms with Gasteiger partial charge in [-0.05, 0) is 36.5 Å². The smallest absolute Gasteiger partial charge is 0.237 e. The van der Waals surface area contributed by atoms with E-state index in [-0.39, 0.29) is 29.6 Å². The lowest BCUT2D eigenvalue weighted by Gasteiger charge is -2.21. The van der Waals surface area contributed by atoms with Crippen LogP contribution in [0.5, 0.6) is 0 Å². The quantitative estimate of drug-likeness (QED) is 0.800. The molecule has 0 saturated heterocycles. The number of hydrogen-bond donors (Lipinski definition) is 2. The average Bonchev–Trinajstić information content (AvgIpc) is 3.24. The summed E-state index contributed by atoms with van der Waals surface area (Å²) in [5.41, 5.74) is 7.38. The average molecular weight is 376 g/mol. The van der Waals surface area contributed by atoms with E-state index in [1.807, 2.05) is 19.1 Å². The Kier molecular flexibility index (Phi) is 6.70. The maximum atomic E-state index is 12.1. The second-order valence-corrected chi connectivity index (χ2v) is 6.84. The maximum Gasteiger partial charge on any atom is 0.237 e. The molecule has 3 N–H and O–H groups in total. The standard InChI is InChI=1S/C16H23BrN2O.ClH/c1-3-11(2)14(18)15(20)19-10-16(7-8-16)12-5-4-6-13(17)9-12;/h4-6,9,11,14H,3,7-8,10,18H2,1-2H3,(H,19,20);1H. The van der Waals surface area contributed by atoms with Crippen LogP contribution in [0.1, 0.15) is 38.7 Å². The lowest BCUT2D eigenvalue weighted by molar-refractivity contribution is -0.123. The van der Waals surface area contributed by atoms with Crippen molar-refractivity contribution >= 4 is 34.2 Å². The highest BCUT2D eigenvalue weighted by molar-refractivity contribution is 9.10. The van der Waals surface area contributed by atoms with Crippen LogP contribution in [0, 0.1) is 5.92 Å². The molecule has 0 radical (unpaired) electrons. The van der Waals surface area contributed by atoms with Crippen LogP contribution in [-0.4, -0.2) is 18.5 Å². The predicted octanol–water partition coefficient (Wildman–Crippen LogP) is 3.39. The molecular formula is C16H24BrClN2O. The zero-order valence-electron chi connectivity index (χ0n) is 12.6. The van der Waals surface area contributed by atoms with Gasteiger partial charge in [-0.1, -0.05) is 48.3 Å². The number of amides is 1. The minimum Gasteiger partial charge on any atom is -0.354 e. The molecule has 1 aliphatic carbocycles. The first-order chi connectivity index (χ1) is 9.48. The Balaban J connectivity index is 0.00000220. The van der Waals surface area contributed by atoms with Crippen molar-refractivity contribution in [2.75, 3.05) is 6.54 Å². The molecule has 5 heteroatoms. The van der Waals surface area contributed by atoms with Gasteiger partial charge in [-0.3, -0.25) is 4.79 Å². The fourth-order valence-corrected chi connectivity index (χ4v) is 2.82. The molecule has 118 valence electrons. The summed E-state index contributed by atoms with van der Waals surface area (Å²) in [6.07, 6.45) is 3.18. The number of nitrogens with one attached hydrogen (secondary N) is 1. The zero-order valence-corrected chi connectivity index (χ0v) is 15.0. The number of halogens is 2. The molecule has 0 bridgehead atoms. The van der Waals surface area contributed by atoms with Crippen molar-refractivity contribution in [3.05, 3.63) is 34.3 Å². The van der Waals surface area contributed by atoms with Crippen LogP contribution in [0.15, 0.2) is 28.7 Å². The van der Waals surface area contributed by atoms with Gasteiger partial charge in [0.05, 0.1) is 6.04 Å². The molecule has 1 fully saturated rings. The number of carbonyl (C=O) groups is 1. The molecule has 1 amide bonds. The highest BCUT2D eigenvalue weighted by Gasteiger charge is 2.44. The van der Waals surface area contributed by atoms with E-state index in [9.17, 15) is 4.79 Å². The third-order valence-electron chi connectivity index (χ3n) is 4.45. The first kappa shape index (κ1) is 18.5. The van der Waals surface area contributed by atoms with Crippen LogP contribution >= 0.6 is 28.3 Å². The highest BCUT2D eigenvalue weighted by Crippen LogP contribution is 2.48. The minimum absolute atomic E-state index is 0. The van der Waals surface area contributed by atoms with E-state index in [1.165, 1.54) is 5.56 Å². The third kappa shape index (κ3) is 4.44.